The average molecular weight is 404 g/mol. The van der Waals surface area contributed by atoms with Crippen LogP contribution in [0, 0.1) is 6.92 Å². The van der Waals surface area contributed by atoms with Crippen molar-refractivity contribution < 1.29 is 23.0 Å². The van der Waals surface area contributed by atoms with Crippen molar-refractivity contribution in [1.29, 1.82) is 0 Å². The summed E-state index contributed by atoms with van der Waals surface area (Å²) in [4.78, 5) is 12.2. The Morgan fingerprint density at radius 1 is 1.10 bits per heavy atom. The Balaban J connectivity index is 1.92. The Morgan fingerprint density at radius 3 is 2.38 bits per heavy atom. The highest BCUT2D eigenvalue weighted by atomic mass is 19.3. The van der Waals surface area contributed by atoms with Gasteiger partial charge in [-0.3, -0.25) is 15.6 Å². The fraction of sp³-hybridized carbons (Fsp3) is 0.318. The van der Waals surface area contributed by atoms with E-state index in [2.05, 4.69) is 29.4 Å². The second kappa shape index (κ2) is 10.5. The van der Waals surface area contributed by atoms with Crippen LogP contribution in [-0.4, -0.2) is 19.1 Å². The first-order valence-electron chi connectivity index (χ1n) is 9.30. The number of amides is 1. The molecule has 2 aromatic carbocycles. The third-order valence-corrected chi connectivity index (χ3v) is 4.17. The van der Waals surface area contributed by atoms with Crippen LogP contribution in [0.2, 0.25) is 0 Å². The average Bonchev–Trinajstić information content (AvgIpc) is 2.67. The van der Waals surface area contributed by atoms with Gasteiger partial charge in [-0.1, -0.05) is 32.1 Å². The van der Waals surface area contributed by atoms with Crippen LogP contribution in [0.25, 0.3) is 5.70 Å². The summed E-state index contributed by atoms with van der Waals surface area (Å²) in [5.41, 5.74) is 8.81. The van der Waals surface area contributed by atoms with Crippen molar-refractivity contribution in [1.82, 2.24) is 10.9 Å². The molecular formula is C22H26F2N2O3. The van der Waals surface area contributed by atoms with Crippen molar-refractivity contribution in [3.63, 3.8) is 0 Å². The Labute approximate surface area is 169 Å². The van der Waals surface area contributed by atoms with Crippen molar-refractivity contribution in [2.24, 2.45) is 0 Å². The molecule has 0 heterocycles. The molecule has 0 saturated heterocycles. The molecule has 7 heteroatoms. The van der Waals surface area contributed by atoms with Gasteiger partial charge in [-0.2, -0.15) is 8.78 Å². The van der Waals surface area contributed by atoms with Crippen molar-refractivity contribution in [3.05, 3.63) is 65.2 Å². The standard InChI is InChI=1S/C22H26F2N2O3/c1-5-19(16-7-9-17(10-8-16)29-22(23)24)25-26-21(27)13-28-20-12-15(4)6-11-18(20)14(2)3/h5-12,14,22,25H,13H2,1-4H3,(H,26,27)/b19-5-. The zero-order valence-electron chi connectivity index (χ0n) is 17.0. The summed E-state index contributed by atoms with van der Waals surface area (Å²) in [6, 6.07) is 12.0. The van der Waals surface area contributed by atoms with E-state index in [4.69, 9.17) is 4.74 Å². The Hall–Kier alpha value is -3.09. The van der Waals surface area contributed by atoms with Crippen LogP contribution in [0.1, 0.15) is 43.4 Å². The molecule has 5 nitrogen and oxygen atoms in total. The van der Waals surface area contributed by atoms with Crippen molar-refractivity contribution >= 4 is 11.6 Å². The molecule has 2 N–H and O–H groups in total. The van der Waals surface area contributed by atoms with Gasteiger partial charge in [0, 0.05) is 0 Å². The summed E-state index contributed by atoms with van der Waals surface area (Å²) in [5, 5.41) is 0. The molecule has 0 unspecified atom stereocenters. The molecular weight excluding hydrogens is 378 g/mol. The first-order chi connectivity index (χ1) is 13.8. The van der Waals surface area contributed by atoms with Gasteiger partial charge in [0.15, 0.2) is 6.61 Å². The van der Waals surface area contributed by atoms with E-state index in [1.165, 1.54) is 12.1 Å². The maximum Gasteiger partial charge on any atom is 0.387 e. The van der Waals surface area contributed by atoms with E-state index in [1.807, 2.05) is 25.1 Å². The van der Waals surface area contributed by atoms with Gasteiger partial charge >= 0.3 is 6.61 Å². The highest BCUT2D eigenvalue weighted by Crippen LogP contribution is 2.27. The largest absolute Gasteiger partial charge is 0.483 e. The summed E-state index contributed by atoms with van der Waals surface area (Å²) < 4.78 is 34.5. The Kier molecular flexibility index (Phi) is 8.00. The van der Waals surface area contributed by atoms with E-state index in [-0.39, 0.29) is 24.2 Å². The van der Waals surface area contributed by atoms with E-state index in [0.29, 0.717) is 17.0 Å². The lowest BCUT2D eigenvalue weighted by Gasteiger charge is -2.16. The number of hydrogen-bond donors (Lipinski definition) is 2. The van der Waals surface area contributed by atoms with Crippen molar-refractivity contribution in [2.75, 3.05) is 6.61 Å². The number of hydrazine groups is 1. The highest BCUT2D eigenvalue weighted by Gasteiger charge is 2.11. The minimum absolute atomic E-state index is 0.0655. The molecule has 29 heavy (non-hydrogen) atoms. The number of allylic oxidation sites excluding steroid dienone is 1. The monoisotopic (exact) mass is 404 g/mol. The van der Waals surface area contributed by atoms with E-state index >= 15 is 0 Å². The van der Waals surface area contributed by atoms with E-state index < -0.39 is 6.61 Å². The number of ether oxygens (including phenoxy) is 2. The molecule has 0 aromatic heterocycles. The maximum atomic E-state index is 12.2. The van der Waals surface area contributed by atoms with Crippen LogP contribution in [-0.2, 0) is 4.79 Å². The van der Waals surface area contributed by atoms with Gasteiger partial charge < -0.3 is 9.47 Å². The van der Waals surface area contributed by atoms with Crippen LogP contribution in [0.15, 0.2) is 48.5 Å². The number of hydrogen-bond acceptors (Lipinski definition) is 4. The molecule has 0 radical (unpaired) electrons. The molecule has 0 aliphatic carbocycles. The van der Waals surface area contributed by atoms with Crippen LogP contribution >= 0.6 is 0 Å². The van der Waals surface area contributed by atoms with Crippen LogP contribution in [0.4, 0.5) is 8.78 Å². The number of rotatable bonds is 9. The van der Waals surface area contributed by atoms with Gasteiger partial charge in [-0.05, 0) is 66.8 Å². The van der Waals surface area contributed by atoms with E-state index in [0.717, 1.165) is 11.1 Å². The topological polar surface area (TPSA) is 59.6 Å². The summed E-state index contributed by atoms with van der Waals surface area (Å²) in [5.74, 6) is 0.684. The van der Waals surface area contributed by atoms with Crippen LogP contribution in [0.5, 0.6) is 11.5 Å². The van der Waals surface area contributed by atoms with Gasteiger partial charge in [0.1, 0.15) is 11.5 Å². The highest BCUT2D eigenvalue weighted by molar-refractivity contribution is 5.78. The fourth-order valence-corrected chi connectivity index (χ4v) is 2.69. The van der Waals surface area contributed by atoms with Crippen molar-refractivity contribution in [3.8, 4) is 11.5 Å². The van der Waals surface area contributed by atoms with Gasteiger partial charge in [-0.15, -0.1) is 0 Å². The summed E-state index contributed by atoms with van der Waals surface area (Å²) in [6.45, 7) is 4.87. The normalized spacial score (nSPS) is 11.5. The molecule has 0 aliphatic rings. The molecule has 2 rings (SSSR count). The third-order valence-electron chi connectivity index (χ3n) is 4.17. The quantitative estimate of drug-likeness (QED) is 0.591. The van der Waals surface area contributed by atoms with Crippen molar-refractivity contribution in [2.45, 2.75) is 40.2 Å². The second-order valence-corrected chi connectivity index (χ2v) is 6.76. The number of halogens is 2. The number of nitrogens with one attached hydrogen (secondary N) is 2. The zero-order valence-corrected chi connectivity index (χ0v) is 17.0. The fourth-order valence-electron chi connectivity index (χ4n) is 2.69. The van der Waals surface area contributed by atoms with Gasteiger partial charge in [0.25, 0.3) is 5.91 Å². The summed E-state index contributed by atoms with van der Waals surface area (Å²) in [7, 11) is 0. The second-order valence-electron chi connectivity index (χ2n) is 6.76. The smallest absolute Gasteiger partial charge is 0.387 e. The molecule has 0 atom stereocenters. The Morgan fingerprint density at radius 2 is 1.79 bits per heavy atom. The van der Waals surface area contributed by atoms with E-state index in [9.17, 15) is 13.6 Å². The molecule has 2 aromatic rings. The van der Waals surface area contributed by atoms with Gasteiger partial charge in [-0.25, -0.2) is 0 Å². The number of benzene rings is 2. The molecule has 0 fully saturated rings. The van der Waals surface area contributed by atoms with Gasteiger partial charge in [0.05, 0.1) is 5.70 Å². The first kappa shape index (κ1) is 22.2. The SMILES string of the molecule is C/C=C(\NNC(=O)COc1cc(C)ccc1C(C)C)c1ccc(OC(F)F)cc1. The number of carbonyl (C=O) groups is 1. The Bertz CT molecular complexity index is 850. The van der Waals surface area contributed by atoms with Crippen LogP contribution in [0.3, 0.4) is 0 Å². The number of carbonyl (C=O) groups excluding carboxylic acids is 1. The predicted octanol–water partition coefficient (Wildman–Crippen LogP) is 4.78. The minimum Gasteiger partial charge on any atom is -0.483 e. The zero-order chi connectivity index (χ0) is 21.4. The molecule has 0 saturated carbocycles. The number of alkyl halides is 2. The predicted molar refractivity (Wildman–Crippen MR) is 109 cm³/mol. The van der Waals surface area contributed by atoms with Crippen LogP contribution < -0.4 is 20.3 Å². The van der Waals surface area contributed by atoms with Gasteiger partial charge in [0.2, 0.25) is 0 Å². The summed E-state index contributed by atoms with van der Waals surface area (Å²) >= 11 is 0. The minimum atomic E-state index is -2.87. The first-order valence-corrected chi connectivity index (χ1v) is 9.30. The molecule has 0 spiro atoms. The maximum absolute atomic E-state index is 12.2. The lowest BCUT2D eigenvalue weighted by atomic mass is 10.0. The lowest BCUT2D eigenvalue weighted by molar-refractivity contribution is -0.123. The molecule has 1 amide bonds. The summed E-state index contributed by atoms with van der Waals surface area (Å²) in [6.07, 6.45) is 1.75. The molecule has 0 aliphatic heterocycles. The third kappa shape index (κ3) is 6.78. The molecule has 156 valence electrons. The number of aryl methyl sites for hydroxylation is 1. The molecule has 0 bridgehead atoms. The lowest BCUT2D eigenvalue weighted by Crippen LogP contribution is -2.39. The van der Waals surface area contributed by atoms with E-state index in [1.54, 1.807) is 25.1 Å².